The number of aliphatic hydroxyl groups is 1. The van der Waals surface area contributed by atoms with Gasteiger partial charge in [0.15, 0.2) is 6.23 Å². The molecule has 1 N–H and O–H groups in total. The molecule has 288 valence electrons. The average molecular weight is 746 g/mol. The normalized spacial score (nSPS) is 24.1. The molecular weight excluding hydrogens is 695 g/mol. The van der Waals surface area contributed by atoms with Crippen molar-refractivity contribution in [2.75, 3.05) is 20.8 Å². The minimum absolute atomic E-state index is 0.193. The summed E-state index contributed by atoms with van der Waals surface area (Å²) in [5.74, 6) is 1.35. The maximum Gasteiger partial charge on any atom is 0.209 e. The van der Waals surface area contributed by atoms with Gasteiger partial charge in [-0.05, 0) is 34.2 Å². The van der Waals surface area contributed by atoms with Gasteiger partial charge in [-0.25, -0.2) is 9.98 Å². The molecule has 2 aliphatic heterocycles. The van der Waals surface area contributed by atoms with Crippen molar-refractivity contribution in [3.63, 3.8) is 0 Å². The second-order valence-corrected chi connectivity index (χ2v) is 14.4. The fourth-order valence-corrected chi connectivity index (χ4v) is 7.42. The molecule has 1 saturated heterocycles. The van der Waals surface area contributed by atoms with E-state index in [0.29, 0.717) is 31.4 Å². The molecule has 2 aliphatic rings. The molecule has 2 unspecified atom stereocenters. The lowest BCUT2D eigenvalue weighted by atomic mass is 9.97. The Morgan fingerprint density at radius 2 is 1.25 bits per heavy atom. The molecule has 1 aromatic heterocycles. The highest BCUT2D eigenvalue weighted by atomic mass is 16.6. The van der Waals surface area contributed by atoms with Crippen LogP contribution in [0.2, 0.25) is 0 Å². The number of fused-ring (bicyclic) bond motifs is 1. The summed E-state index contributed by atoms with van der Waals surface area (Å²) in [6, 6.07) is 37.5. The third-order valence-corrected chi connectivity index (χ3v) is 10.2. The minimum Gasteiger partial charge on any atom is -0.483 e. The van der Waals surface area contributed by atoms with Crippen LogP contribution < -0.4 is 0 Å². The van der Waals surface area contributed by atoms with E-state index in [1.54, 1.807) is 14.2 Å². The molecular formula is C45H51N3O7. The lowest BCUT2D eigenvalue weighted by Crippen LogP contribution is -2.58. The molecule has 7 atom stereocenters. The van der Waals surface area contributed by atoms with Crippen LogP contribution in [-0.2, 0) is 54.7 Å². The van der Waals surface area contributed by atoms with Gasteiger partial charge in [0.2, 0.25) is 11.8 Å². The molecule has 0 spiro atoms. The molecule has 0 saturated carbocycles. The Hall–Kier alpha value is -4.84. The van der Waals surface area contributed by atoms with E-state index in [4.69, 9.17) is 38.4 Å². The summed E-state index contributed by atoms with van der Waals surface area (Å²) < 4.78 is 40.1. The molecule has 5 aromatic rings. The summed E-state index contributed by atoms with van der Waals surface area (Å²) in [5, 5.41) is 13.4. The number of aliphatic imine (C=N–C) groups is 2. The molecule has 0 radical (unpaired) electrons. The van der Waals surface area contributed by atoms with Crippen molar-refractivity contribution in [1.29, 1.82) is 0 Å². The Morgan fingerprint density at radius 3 is 1.85 bits per heavy atom. The fraction of sp³-hybridized carbons (Fsp3) is 0.378. The van der Waals surface area contributed by atoms with Crippen molar-refractivity contribution in [1.82, 2.24) is 4.57 Å². The van der Waals surface area contributed by atoms with Crippen LogP contribution in [0.4, 0.5) is 0 Å². The molecule has 10 heteroatoms. The standard InChI is InChI=1S/C45H51N3O7/c1-30(2)39-44(51-4)46-36(43(47-39)50-3)24-34-25-48(37-23-15-14-22-35(34)37)45-40(49)42(54-28-33-20-12-7-13-21-33)41(53-27-32-18-10-6-11-19-32)38(55-45)29-52-26-31-16-8-5-9-17-31/h5-23,25,30,36,38-42,45,49H,24,26-29H2,1-4H3/t36?,38-,39?,40+,41-,42-,45+/m1/s1. The van der Waals surface area contributed by atoms with E-state index >= 15 is 0 Å². The molecule has 0 aliphatic carbocycles. The third-order valence-electron chi connectivity index (χ3n) is 10.2. The van der Waals surface area contributed by atoms with Crippen LogP contribution in [0, 0.1) is 5.92 Å². The van der Waals surface area contributed by atoms with Crippen molar-refractivity contribution in [2.24, 2.45) is 15.9 Å². The van der Waals surface area contributed by atoms with Crippen LogP contribution in [0.1, 0.15) is 42.3 Å². The summed E-state index contributed by atoms with van der Waals surface area (Å²) in [6.45, 7) is 5.40. The van der Waals surface area contributed by atoms with Crippen LogP contribution >= 0.6 is 0 Å². The Bertz CT molecular complexity index is 2020. The van der Waals surface area contributed by atoms with Gasteiger partial charge in [-0.15, -0.1) is 0 Å². The van der Waals surface area contributed by atoms with E-state index in [2.05, 4.69) is 19.9 Å². The number of ether oxygens (including phenoxy) is 6. The zero-order chi connectivity index (χ0) is 38.1. The predicted octanol–water partition coefficient (Wildman–Crippen LogP) is 7.33. The van der Waals surface area contributed by atoms with Crippen molar-refractivity contribution >= 4 is 22.7 Å². The van der Waals surface area contributed by atoms with Crippen LogP contribution in [-0.4, -0.2) is 78.8 Å². The van der Waals surface area contributed by atoms with Crippen molar-refractivity contribution in [3.8, 4) is 0 Å². The first-order chi connectivity index (χ1) is 26.9. The first-order valence-electron chi connectivity index (χ1n) is 19.0. The van der Waals surface area contributed by atoms with E-state index in [0.717, 1.165) is 33.2 Å². The van der Waals surface area contributed by atoms with Crippen LogP contribution in [0.25, 0.3) is 10.9 Å². The Labute approximate surface area is 323 Å². The van der Waals surface area contributed by atoms with Gasteiger partial charge in [-0.1, -0.05) is 123 Å². The molecule has 55 heavy (non-hydrogen) atoms. The third kappa shape index (κ3) is 9.01. The highest BCUT2D eigenvalue weighted by Gasteiger charge is 2.48. The minimum atomic E-state index is -1.10. The zero-order valence-electron chi connectivity index (χ0n) is 31.9. The van der Waals surface area contributed by atoms with Crippen molar-refractivity contribution in [2.45, 2.75) is 82.8 Å². The van der Waals surface area contributed by atoms with Gasteiger partial charge in [0.25, 0.3) is 0 Å². The number of nitrogens with zero attached hydrogens (tertiary/aromatic N) is 3. The van der Waals surface area contributed by atoms with Gasteiger partial charge in [0.1, 0.15) is 36.5 Å². The number of benzene rings is 4. The van der Waals surface area contributed by atoms with Gasteiger partial charge in [-0.3, -0.25) is 0 Å². The van der Waals surface area contributed by atoms with E-state index in [1.165, 1.54) is 0 Å². The van der Waals surface area contributed by atoms with E-state index < -0.39 is 30.6 Å². The molecule has 1 fully saturated rings. The van der Waals surface area contributed by atoms with Crippen LogP contribution in [0.3, 0.4) is 0 Å². The van der Waals surface area contributed by atoms with E-state index in [9.17, 15) is 5.11 Å². The van der Waals surface area contributed by atoms with Gasteiger partial charge in [0.05, 0.1) is 46.2 Å². The average Bonchev–Trinajstić information content (AvgIpc) is 3.58. The Kier molecular flexibility index (Phi) is 12.7. The van der Waals surface area contributed by atoms with Gasteiger partial charge in [-0.2, -0.15) is 0 Å². The SMILES string of the molecule is COC1=NC(C(C)C)C(OC)=NC1Cc1cn([C@H]2O[C@H](COCc3ccccc3)[C@@H](OCc3ccccc3)[C@H](OCc3ccccc3)[C@@H]2O)c2ccccc12. The smallest absolute Gasteiger partial charge is 0.209 e. The number of hydrogen-bond acceptors (Lipinski definition) is 9. The Balaban J connectivity index is 1.23. The van der Waals surface area contributed by atoms with Crippen LogP contribution in [0.15, 0.2) is 131 Å². The summed E-state index contributed by atoms with van der Waals surface area (Å²) in [4.78, 5) is 9.89. The second-order valence-electron chi connectivity index (χ2n) is 14.4. The zero-order valence-corrected chi connectivity index (χ0v) is 31.9. The van der Waals surface area contributed by atoms with Crippen LogP contribution in [0.5, 0.6) is 0 Å². The molecule has 7 rings (SSSR count). The monoisotopic (exact) mass is 745 g/mol. The van der Waals surface area contributed by atoms with Gasteiger partial charge >= 0.3 is 0 Å². The van der Waals surface area contributed by atoms with Gasteiger partial charge in [0, 0.05) is 18.0 Å². The molecule has 4 aromatic carbocycles. The number of aliphatic hydroxyl groups excluding tert-OH is 1. The van der Waals surface area contributed by atoms with Crippen molar-refractivity contribution in [3.05, 3.63) is 144 Å². The summed E-state index contributed by atoms with van der Waals surface area (Å²) in [6.07, 6.45) is -1.37. The molecule has 0 bridgehead atoms. The lowest BCUT2D eigenvalue weighted by Gasteiger charge is -2.45. The maximum absolute atomic E-state index is 12.4. The first-order valence-corrected chi connectivity index (χ1v) is 19.0. The predicted molar refractivity (Wildman–Crippen MR) is 213 cm³/mol. The molecule has 0 amide bonds. The van der Waals surface area contributed by atoms with E-state index in [1.807, 2.05) is 120 Å². The van der Waals surface area contributed by atoms with Crippen molar-refractivity contribution < 1.29 is 33.5 Å². The molecule has 3 heterocycles. The topological polar surface area (TPSA) is 105 Å². The fourth-order valence-electron chi connectivity index (χ4n) is 7.42. The number of para-hydroxylation sites is 1. The largest absolute Gasteiger partial charge is 0.483 e. The highest BCUT2D eigenvalue weighted by Crippen LogP contribution is 2.37. The maximum atomic E-state index is 12.4. The first kappa shape index (κ1) is 38.4. The van der Waals surface area contributed by atoms with Gasteiger partial charge < -0.3 is 38.1 Å². The Morgan fingerprint density at radius 1 is 0.691 bits per heavy atom. The summed E-state index contributed by atoms with van der Waals surface area (Å²) >= 11 is 0. The highest BCUT2D eigenvalue weighted by molar-refractivity contribution is 5.95. The second kappa shape index (κ2) is 18.2. The number of rotatable bonds is 14. The number of methoxy groups -OCH3 is 2. The van der Waals surface area contributed by atoms with E-state index in [-0.39, 0.29) is 31.2 Å². The number of aromatic nitrogens is 1. The molecule has 10 nitrogen and oxygen atoms in total. The lowest BCUT2D eigenvalue weighted by molar-refractivity contribution is -0.278. The summed E-state index contributed by atoms with van der Waals surface area (Å²) in [7, 11) is 3.28. The number of hydrogen-bond donors (Lipinski definition) is 1. The quantitative estimate of drug-likeness (QED) is 0.127. The summed E-state index contributed by atoms with van der Waals surface area (Å²) in [5.41, 5.74) is 4.95.